The van der Waals surface area contributed by atoms with Gasteiger partial charge in [0.1, 0.15) is 6.10 Å². The maximum Gasteiger partial charge on any atom is 0.306 e. The van der Waals surface area contributed by atoms with Crippen molar-refractivity contribution >= 4 is 14.3 Å². The van der Waals surface area contributed by atoms with E-state index in [1.165, 1.54) is 0 Å². The van der Waals surface area contributed by atoms with Gasteiger partial charge in [-0.2, -0.15) is 0 Å². The van der Waals surface area contributed by atoms with Crippen LogP contribution in [0.15, 0.2) is 0 Å². The fourth-order valence-electron chi connectivity index (χ4n) is 8.12. The summed E-state index contributed by atoms with van der Waals surface area (Å²) in [5, 5.41) is 0.206. The normalized spacial score (nSPS) is 45.2. The molecule has 3 saturated carbocycles. The topological polar surface area (TPSA) is 54.0 Å². The quantitative estimate of drug-likeness (QED) is 0.356. The van der Waals surface area contributed by atoms with E-state index < -0.39 is 14.1 Å². The fraction of sp³-hybridized carbons (Fsp3) is 0.963. The minimum absolute atomic E-state index is 0.00344. The zero-order valence-electron chi connectivity index (χ0n) is 22.0. The average Bonchev–Trinajstić information content (AvgIpc) is 3.27. The predicted octanol–water partition coefficient (Wildman–Crippen LogP) is 6.07. The van der Waals surface area contributed by atoms with Gasteiger partial charge in [0.05, 0.1) is 13.2 Å². The number of hydrogen-bond donors (Lipinski definition) is 0. The molecule has 0 aromatic carbocycles. The molecule has 0 aromatic rings. The summed E-state index contributed by atoms with van der Waals surface area (Å²) in [7, 11) is -1.83. The third-order valence-corrected chi connectivity index (χ3v) is 15.8. The van der Waals surface area contributed by atoms with Gasteiger partial charge in [-0.25, -0.2) is 0 Å². The Labute approximate surface area is 201 Å². The first-order valence-electron chi connectivity index (χ1n) is 13.5. The average molecular weight is 479 g/mol. The van der Waals surface area contributed by atoms with Crippen molar-refractivity contribution in [2.75, 3.05) is 13.2 Å². The Morgan fingerprint density at radius 2 is 1.64 bits per heavy atom. The van der Waals surface area contributed by atoms with Gasteiger partial charge in [0.2, 0.25) is 0 Å². The molecule has 0 bridgehead atoms. The second-order valence-corrected chi connectivity index (χ2v) is 18.5. The van der Waals surface area contributed by atoms with E-state index in [1.54, 1.807) is 0 Å². The molecule has 4 unspecified atom stereocenters. The largest absolute Gasteiger partial charge is 0.462 e. The highest BCUT2D eigenvalue weighted by atomic mass is 28.4. The Balaban J connectivity index is 1.38. The number of carbonyl (C=O) groups is 1. The molecule has 0 aromatic heterocycles. The van der Waals surface area contributed by atoms with Crippen LogP contribution >= 0.6 is 0 Å². The number of fused-ring (bicyclic) bond motifs is 6. The first-order valence-corrected chi connectivity index (χ1v) is 16.4. The molecule has 33 heavy (non-hydrogen) atoms. The first kappa shape index (κ1) is 24.3. The fourth-order valence-corrected chi connectivity index (χ4v) is 9.52. The van der Waals surface area contributed by atoms with Crippen molar-refractivity contribution in [1.29, 1.82) is 0 Å². The molecule has 188 valence electrons. The maximum atomic E-state index is 13.2. The SMILES string of the molecule is CC(C)(C)[Si](C)(C)O[C@H]1CC[C@@]2(C)C(CC(=O)OC3C2CC[C@@]2(C)C3CCC23OCCO3)C1. The van der Waals surface area contributed by atoms with E-state index in [-0.39, 0.29) is 34.0 Å². The summed E-state index contributed by atoms with van der Waals surface area (Å²) >= 11 is 0. The third-order valence-electron chi connectivity index (χ3n) is 11.3. The molecule has 0 amide bonds. The molecule has 0 N–H and O–H groups in total. The molecular weight excluding hydrogens is 432 g/mol. The van der Waals surface area contributed by atoms with Crippen molar-refractivity contribution < 1.29 is 23.4 Å². The van der Waals surface area contributed by atoms with Gasteiger partial charge in [-0.3, -0.25) is 4.79 Å². The highest BCUT2D eigenvalue weighted by Crippen LogP contribution is 2.66. The van der Waals surface area contributed by atoms with E-state index in [4.69, 9.17) is 18.6 Å². The van der Waals surface area contributed by atoms with Crippen molar-refractivity contribution in [1.82, 2.24) is 0 Å². The molecule has 2 aliphatic heterocycles. The van der Waals surface area contributed by atoms with E-state index >= 15 is 0 Å². The molecule has 3 aliphatic carbocycles. The molecule has 5 nitrogen and oxygen atoms in total. The molecule has 2 heterocycles. The Morgan fingerprint density at radius 1 is 0.970 bits per heavy atom. The number of rotatable bonds is 2. The van der Waals surface area contributed by atoms with E-state index in [2.05, 4.69) is 47.7 Å². The van der Waals surface area contributed by atoms with Crippen molar-refractivity contribution in [3.63, 3.8) is 0 Å². The Kier molecular flexibility index (Phi) is 5.72. The van der Waals surface area contributed by atoms with Crippen molar-refractivity contribution in [3.8, 4) is 0 Å². The highest BCUT2D eigenvalue weighted by molar-refractivity contribution is 6.74. The Morgan fingerprint density at radius 3 is 2.30 bits per heavy atom. The van der Waals surface area contributed by atoms with Gasteiger partial charge < -0.3 is 18.6 Å². The van der Waals surface area contributed by atoms with Crippen LogP contribution in [0.5, 0.6) is 0 Å². The van der Waals surface area contributed by atoms with Gasteiger partial charge in [-0.1, -0.05) is 34.6 Å². The standard InChI is InChI=1S/C27H46O5Si/c1-24(2,3)33(6,7)32-19-8-11-25(4)18(16-19)17-22(28)31-23-20(25)9-12-26(5)21(23)10-13-27(26)29-14-15-30-27/h18-21,23H,8-17H2,1-7H3/t18?,19-,20?,21?,23?,25-,26-/m0/s1. The number of hydrogen-bond acceptors (Lipinski definition) is 5. The van der Waals surface area contributed by atoms with Crippen molar-refractivity contribution in [2.24, 2.45) is 28.6 Å². The van der Waals surface area contributed by atoms with Crippen LogP contribution in [0.2, 0.25) is 18.1 Å². The second-order valence-electron chi connectivity index (χ2n) is 13.8. The van der Waals surface area contributed by atoms with Gasteiger partial charge >= 0.3 is 5.97 Å². The summed E-state index contributed by atoms with van der Waals surface area (Å²) in [4.78, 5) is 13.2. The van der Waals surface area contributed by atoms with Gasteiger partial charge in [0.15, 0.2) is 14.1 Å². The lowest BCUT2D eigenvalue weighted by molar-refractivity contribution is -0.249. The van der Waals surface area contributed by atoms with Crippen LogP contribution < -0.4 is 0 Å². The Hall–Kier alpha value is -0.433. The first-order chi connectivity index (χ1) is 15.3. The van der Waals surface area contributed by atoms with E-state index in [9.17, 15) is 4.79 Å². The highest BCUT2D eigenvalue weighted by Gasteiger charge is 2.68. The summed E-state index contributed by atoms with van der Waals surface area (Å²) in [6.07, 6.45) is 8.21. The molecular formula is C27H46O5Si. The van der Waals surface area contributed by atoms with E-state index in [0.717, 1.165) is 44.9 Å². The van der Waals surface area contributed by atoms with E-state index in [1.807, 2.05) is 0 Å². The lowest BCUT2D eigenvalue weighted by atomic mass is 9.51. The van der Waals surface area contributed by atoms with Crippen LogP contribution in [0.3, 0.4) is 0 Å². The minimum Gasteiger partial charge on any atom is -0.462 e. The summed E-state index contributed by atoms with van der Waals surface area (Å²) in [6.45, 7) is 17.8. The molecule has 2 saturated heterocycles. The Bertz CT molecular complexity index is 784. The number of ether oxygens (including phenoxy) is 3. The molecule has 7 atom stereocenters. The third kappa shape index (κ3) is 3.60. The minimum atomic E-state index is -1.83. The monoisotopic (exact) mass is 478 g/mol. The van der Waals surface area contributed by atoms with E-state index in [0.29, 0.717) is 37.4 Å². The summed E-state index contributed by atoms with van der Waals surface area (Å²) in [5.41, 5.74) is 0.0718. The zero-order valence-corrected chi connectivity index (χ0v) is 23.0. The predicted molar refractivity (Wildman–Crippen MR) is 130 cm³/mol. The van der Waals surface area contributed by atoms with Gasteiger partial charge in [-0.15, -0.1) is 0 Å². The maximum absolute atomic E-state index is 13.2. The number of carbonyl (C=O) groups excluding carboxylic acids is 1. The van der Waals surface area contributed by atoms with Crippen LogP contribution in [0.1, 0.15) is 86.0 Å². The lowest BCUT2D eigenvalue weighted by Gasteiger charge is -2.56. The van der Waals surface area contributed by atoms with Gasteiger partial charge in [0.25, 0.3) is 0 Å². The van der Waals surface area contributed by atoms with Gasteiger partial charge in [0, 0.05) is 36.2 Å². The van der Waals surface area contributed by atoms with Crippen LogP contribution in [0.4, 0.5) is 0 Å². The molecule has 0 radical (unpaired) electrons. The molecule has 5 aliphatic rings. The van der Waals surface area contributed by atoms with Crippen LogP contribution in [0.25, 0.3) is 0 Å². The van der Waals surface area contributed by atoms with Crippen molar-refractivity contribution in [2.45, 2.75) is 122 Å². The molecule has 1 spiro atoms. The second kappa shape index (κ2) is 7.78. The van der Waals surface area contributed by atoms with Crippen LogP contribution in [-0.2, 0) is 23.4 Å². The van der Waals surface area contributed by atoms with Crippen LogP contribution in [0, 0.1) is 28.6 Å². The number of esters is 1. The summed E-state index contributed by atoms with van der Waals surface area (Å²) < 4.78 is 25.7. The molecule has 5 rings (SSSR count). The van der Waals surface area contributed by atoms with Crippen molar-refractivity contribution in [3.05, 3.63) is 0 Å². The summed E-state index contributed by atoms with van der Waals surface area (Å²) in [5.74, 6) is 0.649. The van der Waals surface area contributed by atoms with Crippen LogP contribution in [-0.4, -0.2) is 45.5 Å². The lowest BCUT2D eigenvalue weighted by Crippen LogP contribution is -2.57. The smallest absolute Gasteiger partial charge is 0.306 e. The molecule has 6 heteroatoms. The summed E-state index contributed by atoms with van der Waals surface area (Å²) in [6, 6.07) is 0. The zero-order chi connectivity index (χ0) is 23.9. The molecule has 5 fully saturated rings. The van der Waals surface area contributed by atoms with Gasteiger partial charge in [-0.05, 0) is 68.0 Å².